The molecule has 0 atom stereocenters. The summed E-state index contributed by atoms with van der Waals surface area (Å²) in [6, 6.07) is 17.8. The number of benzene rings is 2. The van der Waals surface area contributed by atoms with E-state index in [1.54, 1.807) is 0 Å². The summed E-state index contributed by atoms with van der Waals surface area (Å²) in [6.07, 6.45) is 6.43. The maximum absolute atomic E-state index is 2.62. The highest BCUT2D eigenvalue weighted by atomic mass is 15.2. The van der Waals surface area contributed by atoms with Crippen LogP contribution in [0.15, 0.2) is 48.5 Å². The van der Waals surface area contributed by atoms with E-state index in [1.165, 1.54) is 67.8 Å². The molecule has 0 amide bonds. The van der Waals surface area contributed by atoms with Crippen LogP contribution in [0.4, 0.5) is 11.4 Å². The molecule has 23 heavy (non-hydrogen) atoms. The molecule has 1 saturated heterocycles. The van der Waals surface area contributed by atoms with Gasteiger partial charge in [0.2, 0.25) is 0 Å². The normalized spacial score (nSPS) is 17.1. The smallest absolute Gasteiger partial charge is 0.0446 e. The summed E-state index contributed by atoms with van der Waals surface area (Å²) < 4.78 is 0. The summed E-state index contributed by atoms with van der Waals surface area (Å²) >= 11 is 0. The Bertz CT molecular complexity index is 613. The van der Waals surface area contributed by atoms with Crippen LogP contribution >= 0.6 is 0 Å². The van der Waals surface area contributed by atoms with Crippen LogP contribution in [-0.2, 0) is 6.42 Å². The summed E-state index contributed by atoms with van der Waals surface area (Å²) in [5.41, 5.74) is 5.75. The molecule has 4 rings (SSSR count). The molecule has 0 aliphatic carbocycles. The molecule has 0 spiro atoms. The predicted molar refractivity (Wildman–Crippen MR) is 97.6 cm³/mol. The average molecular weight is 306 g/mol. The quantitative estimate of drug-likeness (QED) is 0.745. The molecule has 0 bridgehead atoms. The predicted octanol–water partition coefficient (Wildman–Crippen LogP) is 4.60. The molecule has 0 aromatic heterocycles. The zero-order chi connectivity index (χ0) is 15.5. The zero-order valence-corrected chi connectivity index (χ0v) is 13.9. The van der Waals surface area contributed by atoms with E-state index in [9.17, 15) is 0 Å². The Balaban J connectivity index is 1.46. The van der Waals surface area contributed by atoms with Crippen LogP contribution in [0.5, 0.6) is 0 Å². The lowest BCUT2D eigenvalue weighted by molar-refractivity contribution is 0.331. The Morgan fingerprint density at radius 3 is 1.91 bits per heavy atom. The maximum atomic E-state index is 2.62. The molecular weight excluding hydrogens is 280 g/mol. The molecule has 2 heteroatoms. The van der Waals surface area contributed by atoms with E-state index in [0.29, 0.717) is 0 Å². The van der Waals surface area contributed by atoms with Crippen LogP contribution in [0.1, 0.15) is 36.8 Å². The van der Waals surface area contributed by atoms with Gasteiger partial charge in [-0.2, -0.15) is 0 Å². The van der Waals surface area contributed by atoms with E-state index < -0.39 is 0 Å². The molecule has 2 aliphatic heterocycles. The van der Waals surface area contributed by atoms with Crippen molar-refractivity contribution in [3.8, 4) is 0 Å². The summed E-state index contributed by atoms with van der Waals surface area (Å²) in [5.74, 6) is 0. The minimum absolute atomic E-state index is 1.07. The molecule has 2 aliphatic rings. The Kier molecular flexibility index (Phi) is 4.34. The van der Waals surface area contributed by atoms with E-state index >= 15 is 0 Å². The first-order chi connectivity index (χ1) is 11.4. The van der Waals surface area contributed by atoms with Crippen molar-refractivity contribution in [1.82, 2.24) is 4.90 Å². The first kappa shape index (κ1) is 14.8. The molecule has 2 nitrogen and oxygen atoms in total. The second kappa shape index (κ2) is 6.76. The van der Waals surface area contributed by atoms with Gasteiger partial charge in [0.05, 0.1) is 0 Å². The van der Waals surface area contributed by atoms with Crippen molar-refractivity contribution < 1.29 is 0 Å². The van der Waals surface area contributed by atoms with Crippen LogP contribution in [0.3, 0.4) is 0 Å². The van der Waals surface area contributed by atoms with Gasteiger partial charge in [0.1, 0.15) is 0 Å². The summed E-state index contributed by atoms with van der Waals surface area (Å²) in [6.45, 7) is 5.03. The third-order valence-corrected chi connectivity index (χ3v) is 5.25. The van der Waals surface area contributed by atoms with Gasteiger partial charge in [-0.1, -0.05) is 36.4 Å². The number of unbranched alkanes of at least 4 members (excludes halogenated alkanes) is 1. The number of hydrogen-bond acceptors (Lipinski definition) is 2. The van der Waals surface area contributed by atoms with E-state index in [1.807, 2.05) is 0 Å². The van der Waals surface area contributed by atoms with Crippen molar-refractivity contribution in [3.63, 3.8) is 0 Å². The molecule has 1 fully saturated rings. The van der Waals surface area contributed by atoms with Crippen LogP contribution < -0.4 is 4.90 Å². The number of nitrogens with zero attached hydrogens (tertiary/aromatic N) is 2. The monoisotopic (exact) mass is 306 g/mol. The lowest BCUT2D eigenvalue weighted by Crippen LogP contribution is -2.26. The van der Waals surface area contributed by atoms with E-state index in [4.69, 9.17) is 0 Å². The molecule has 0 unspecified atom stereocenters. The Morgan fingerprint density at radius 2 is 1.26 bits per heavy atom. The van der Waals surface area contributed by atoms with Gasteiger partial charge < -0.3 is 9.80 Å². The largest absolute Gasteiger partial charge is 0.341 e. The van der Waals surface area contributed by atoms with Gasteiger partial charge in [0.25, 0.3) is 0 Å². The van der Waals surface area contributed by atoms with Crippen molar-refractivity contribution in [2.75, 3.05) is 31.1 Å². The highest BCUT2D eigenvalue weighted by Gasteiger charge is 2.21. The lowest BCUT2D eigenvalue weighted by Gasteiger charge is -2.33. The van der Waals surface area contributed by atoms with Gasteiger partial charge in [-0.25, -0.2) is 0 Å². The second-order valence-corrected chi connectivity index (χ2v) is 6.84. The zero-order valence-electron chi connectivity index (χ0n) is 13.9. The van der Waals surface area contributed by atoms with Crippen LogP contribution in [0.25, 0.3) is 0 Å². The van der Waals surface area contributed by atoms with Crippen molar-refractivity contribution in [2.24, 2.45) is 0 Å². The first-order valence-corrected chi connectivity index (χ1v) is 9.07. The molecule has 0 saturated carbocycles. The first-order valence-electron chi connectivity index (χ1n) is 9.07. The molecule has 2 aromatic carbocycles. The lowest BCUT2D eigenvalue weighted by atomic mass is 9.95. The highest BCUT2D eigenvalue weighted by molar-refractivity contribution is 5.74. The summed E-state index contributed by atoms with van der Waals surface area (Å²) in [4.78, 5) is 5.16. The number of fused-ring (bicyclic) bond motifs is 2. The summed E-state index contributed by atoms with van der Waals surface area (Å²) in [7, 11) is 0. The molecule has 2 aromatic rings. The molecule has 0 N–H and O–H groups in total. The number of rotatable bonds is 5. The fourth-order valence-corrected chi connectivity index (χ4v) is 4.03. The van der Waals surface area contributed by atoms with Crippen molar-refractivity contribution in [1.29, 1.82) is 0 Å². The van der Waals surface area contributed by atoms with Crippen molar-refractivity contribution in [2.45, 2.75) is 32.1 Å². The topological polar surface area (TPSA) is 6.48 Å². The highest BCUT2D eigenvalue weighted by Crippen LogP contribution is 2.38. The van der Waals surface area contributed by atoms with Crippen molar-refractivity contribution in [3.05, 3.63) is 59.7 Å². The van der Waals surface area contributed by atoms with Gasteiger partial charge in [-0.3, -0.25) is 0 Å². The number of para-hydroxylation sites is 2. The molecule has 120 valence electrons. The molecular formula is C21H26N2. The fourth-order valence-electron chi connectivity index (χ4n) is 4.03. The van der Waals surface area contributed by atoms with Crippen LogP contribution in [0, 0.1) is 0 Å². The van der Waals surface area contributed by atoms with Gasteiger partial charge in [0, 0.05) is 24.3 Å². The maximum Gasteiger partial charge on any atom is 0.0446 e. The standard InChI is InChI=1S/C21H26N2/c1-3-11-20-18(9-1)17-19-10-2-4-12-21(19)23(20)16-8-7-15-22-13-5-6-14-22/h1-4,9-12H,5-8,13-17H2. The minimum atomic E-state index is 1.07. The SMILES string of the molecule is c1ccc2c(c1)Cc1ccccc1N2CCCCN1CCCC1. The second-order valence-electron chi connectivity index (χ2n) is 6.84. The fraction of sp³-hybridized carbons (Fsp3) is 0.429. The Morgan fingerprint density at radius 1 is 0.696 bits per heavy atom. The number of likely N-dealkylation sites (tertiary alicyclic amines) is 1. The van der Waals surface area contributed by atoms with Gasteiger partial charge >= 0.3 is 0 Å². The van der Waals surface area contributed by atoms with Crippen molar-refractivity contribution >= 4 is 11.4 Å². The number of hydrogen-bond donors (Lipinski definition) is 0. The minimum Gasteiger partial charge on any atom is -0.341 e. The van der Waals surface area contributed by atoms with Crippen LogP contribution in [0.2, 0.25) is 0 Å². The van der Waals surface area contributed by atoms with E-state index in [2.05, 4.69) is 58.3 Å². The third kappa shape index (κ3) is 3.13. The van der Waals surface area contributed by atoms with E-state index in [-0.39, 0.29) is 0 Å². The average Bonchev–Trinajstić information content (AvgIpc) is 3.11. The van der Waals surface area contributed by atoms with E-state index in [0.717, 1.165) is 13.0 Å². The molecule has 0 radical (unpaired) electrons. The number of anilines is 2. The van der Waals surface area contributed by atoms with Gasteiger partial charge in [0.15, 0.2) is 0 Å². The summed E-state index contributed by atoms with van der Waals surface area (Å²) in [5, 5.41) is 0. The Hall–Kier alpha value is -1.80. The van der Waals surface area contributed by atoms with Gasteiger partial charge in [-0.15, -0.1) is 0 Å². The van der Waals surface area contributed by atoms with Gasteiger partial charge in [-0.05, 0) is 68.6 Å². The Labute approximate surface area is 139 Å². The van der Waals surface area contributed by atoms with Crippen LogP contribution in [-0.4, -0.2) is 31.1 Å². The molecule has 2 heterocycles. The third-order valence-electron chi connectivity index (χ3n) is 5.25.